The van der Waals surface area contributed by atoms with Crippen LogP contribution in [0, 0.1) is 0 Å². The molecule has 1 atom stereocenters. The molecule has 28 heavy (non-hydrogen) atoms. The first-order valence-corrected chi connectivity index (χ1v) is 9.01. The summed E-state index contributed by atoms with van der Waals surface area (Å²) < 4.78 is 5.89. The molecule has 4 rings (SSSR count). The van der Waals surface area contributed by atoms with Crippen molar-refractivity contribution in [3.05, 3.63) is 60.7 Å². The van der Waals surface area contributed by atoms with Gasteiger partial charge in [-0.1, -0.05) is 30.3 Å². The minimum Gasteiger partial charge on any atom is -0.471 e. The number of carbonyl (C=O) groups excluding carboxylic acids is 1. The molecule has 0 aliphatic carbocycles. The number of ether oxygens (including phenoxy) is 1. The van der Waals surface area contributed by atoms with Crippen LogP contribution in [0.3, 0.4) is 0 Å². The van der Waals surface area contributed by atoms with Crippen molar-refractivity contribution < 1.29 is 9.53 Å². The molecule has 3 aromatic rings. The first-order valence-electron chi connectivity index (χ1n) is 9.01. The average Bonchev–Trinajstić information content (AvgIpc) is 3.23. The monoisotopic (exact) mass is 376 g/mol. The van der Waals surface area contributed by atoms with E-state index in [1.165, 1.54) is 12.5 Å². The molecule has 3 heterocycles. The molecule has 0 bridgehead atoms. The van der Waals surface area contributed by atoms with Crippen molar-refractivity contribution in [2.45, 2.75) is 12.5 Å². The number of carbonyl (C=O) groups is 1. The number of nitrogens with zero attached hydrogens (tertiary/aromatic N) is 3. The largest absolute Gasteiger partial charge is 0.471 e. The lowest BCUT2D eigenvalue weighted by Gasteiger charge is -2.15. The third kappa shape index (κ3) is 3.91. The van der Waals surface area contributed by atoms with Crippen molar-refractivity contribution in [2.24, 2.45) is 0 Å². The number of pyridine rings is 1. The number of benzene rings is 1. The fourth-order valence-corrected chi connectivity index (χ4v) is 2.99. The first-order chi connectivity index (χ1) is 13.7. The van der Waals surface area contributed by atoms with Gasteiger partial charge in [-0.25, -0.2) is 9.97 Å². The van der Waals surface area contributed by atoms with Crippen LogP contribution >= 0.6 is 0 Å². The van der Waals surface area contributed by atoms with Gasteiger partial charge >= 0.3 is 0 Å². The molecule has 1 saturated heterocycles. The van der Waals surface area contributed by atoms with E-state index in [1.807, 2.05) is 30.3 Å². The number of rotatable bonds is 5. The summed E-state index contributed by atoms with van der Waals surface area (Å²) in [5.74, 6) is -0.116. The molecule has 1 amide bonds. The van der Waals surface area contributed by atoms with Crippen molar-refractivity contribution >= 4 is 17.3 Å². The number of aromatic nitrogens is 3. The number of nitrogens with two attached hydrogens (primary N) is 1. The summed E-state index contributed by atoms with van der Waals surface area (Å²) in [6, 6.07) is 13.1. The van der Waals surface area contributed by atoms with E-state index >= 15 is 0 Å². The van der Waals surface area contributed by atoms with E-state index in [2.05, 4.69) is 25.6 Å². The molecular formula is C20H20N6O2. The van der Waals surface area contributed by atoms with Gasteiger partial charge in [0.15, 0.2) is 5.69 Å². The highest BCUT2D eigenvalue weighted by atomic mass is 16.5. The predicted molar refractivity (Wildman–Crippen MR) is 106 cm³/mol. The minimum absolute atomic E-state index is 0.00940. The van der Waals surface area contributed by atoms with Crippen LogP contribution in [0.5, 0.6) is 5.88 Å². The van der Waals surface area contributed by atoms with Gasteiger partial charge in [-0.3, -0.25) is 4.79 Å². The molecule has 1 fully saturated rings. The van der Waals surface area contributed by atoms with Gasteiger partial charge in [0.1, 0.15) is 18.1 Å². The predicted octanol–water partition coefficient (Wildman–Crippen LogP) is 2.11. The van der Waals surface area contributed by atoms with Gasteiger partial charge in [0.2, 0.25) is 5.88 Å². The van der Waals surface area contributed by atoms with Crippen molar-refractivity contribution in [1.82, 2.24) is 20.3 Å². The Morgan fingerprint density at radius 1 is 1.21 bits per heavy atom. The van der Waals surface area contributed by atoms with Crippen LogP contribution in [0.15, 0.2) is 55.0 Å². The maximum atomic E-state index is 12.8. The van der Waals surface area contributed by atoms with E-state index in [9.17, 15) is 4.79 Å². The lowest BCUT2D eigenvalue weighted by atomic mass is 10.1. The lowest BCUT2D eigenvalue weighted by molar-refractivity contribution is 0.102. The molecule has 1 aliphatic heterocycles. The highest BCUT2D eigenvalue weighted by Gasteiger charge is 2.20. The van der Waals surface area contributed by atoms with E-state index < -0.39 is 5.91 Å². The van der Waals surface area contributed by atoms with Crippen LogP contribution in [-0.2, 0) is 0 Å². The number of amides is 1. The zero-order valence-corrected chi connectivity index (χ0v) is 15.1. The van der Waals surface area contributed by atoms with E-state index in [1.54, 1.807) is 12.1 Å². The first kappa shape index (κ1) is 17.9. The fourth-order valence-electron chi connectivity index (χ4n) is 2.99. The summed E-state index contributed by atoms with van der Waals surface area (Å²) >= 11 is 0. The number of nitrogen functional groups attached to an aromatic ring is 1. The Balaban J connectivity index is 1.57. The van der Waals surface area contributed by atoms with Gasteiger partial charge in [0.05, 0.1) is 17.6 Å². The zero-order chi connectivity index (χ0) is 19.3. The minimum atomic E-state index is -0.445. The van der Waals surface area contributed by atoms with E-state index in [0.717, 1.165) is 25.1 Å². The summed E-state index contributed by atoms with van der Waals surface area (Å²) in [7, 11) is 0. The molecule has 4 N–H and O–H groups in total. The maximum Gasteiger partial charge on any atom is 0.276 e. The molecule has 0 radical (unpaired) electrons. The van der Waals surface area contributed by atoms with Crippen molar-refractivity contribution in [2.75, 3.05) is 24.1 Å². The summed E-state index contributed by atoms with van der Waals surface area (Å²) in [4.78, 5) is 25.4. The quantitative estimate of drug-likeness (QED) is 0.625. The maximum absolute atomic E-state index is 12.8. The van der Waals surface area contributed by atoms with Gasteiger partial charge in [-0.15, -0.1) is 0 Å². The number of nitrogens with one attached hydrogen (secondary N) is 2. The van der Waals surface area contributed by atoms with Gasteiger partial charge in [-0.05, 0) is 25.1 Å². The Morgan fingerprint density at radius 3 is 2.86 bits per heavy atom. The Bertz CT molecular complexity index is 973. The molecule has 1 aromatic carbocycles. The number of hydrogen-bond acceptors (Lipinski definition) is 7. The van der Waals surface area contributed by atoms with Crippen molar-refractivity contribution in [1.29, 1.82) is 0 Å². The molecule has 0 saturated carbocycles. The van der Waals surface area contributed by atoms with Crippen molar-refractivity contribution in [3.63, 3.8) is 0 Å². The Kier molecular flexibility index (Phi) is 5.11. The summed E-state index contributed by atoms with van der Waals surface area (Å²) in [6.07, 6.45) is 3.77. The van der Waals surface area contributed by atoms with Gasteiger partial charge < -0.3 is 21.1 Å². The molecule has 1 unspecified atom stereocenters. The molecule has 1 aliphatic rings. The highest BCUT2D eigenvalue weighted by Crippen LogP contribution is 2.25. The van der Waals surface area contributed by atoms with Crippen LogP contribution in [0.25, 0.3) is 11.3 Å². The Labute approximate surface area is 162 Å². The molecule has 142 valence electrons. The average molecular weight is 376 g/mol. The summed E-state index contributed by atoms with van der Waals surface area (Å²) in [5.41, 5.74) is 8.37. The number of hydrogen-bond donors (Lipinski definition) is 3. The van der Waals surface area contributed by atoms with Crippen LogP contribution in [0.1, 0.15) is 16.9 Å². The SMILES string of the molecule is Nc1ccc(-c2ccccc2)nc1C(=O)Nc1cncnc1OC1CCNC1. The van der Waals surface area contributed by atoms with Gasteiger partial charge in [0, 0.05) is 12.1 Å². The van der Waals surface area contributed by atoms with E-state index in [0.29, 0.717) is 17.3 Å². The van der Waals surface area contributed by atoms with Crippen LogP contribution in [0.2, 0.25) is 0 Å². The van der Waals surface area contributed by atoms with Crippen LogP contribution in [0.4, 0.5) is 11.4 Å². The molecule has 8 heteroatoms. The smallest absolute Gasteiger partial charge is 0.276 e. The topological polar surface area (TPSA) is 115 Å². The standard InChI is InChI=1S/C20H20N6O2/c21-15-6-7-16(13-4-2-1-3-5-13)25-18(15)19(27)26-17-11-23-12-24-20(17)28-14-8-9-22-10-14/h1-7,11-12,14,22H,8-10,21H2,(H,26,27). The Hall–Kier alpha value is -3.52. The lowest BCUT2D eigenvalue weighted by Crippen LogP contribution is -2.22. The third-order valence-corrected chi connectivity index (χ3v) is 4.43. The van der Waals surface area contributed by atoms with Gasteiger partial charge in [0.25, 0.3) is 5.91 Å². The van der Waals surface area contributed by atoms with Crippen LogP contribution < -0.4 is 21.1 Å². The van der Waals surface area contributed by atoms with Crippen LogP contribution in [-0.4, -0.2) is 40.1 Å². The van der Waals surface area contributed by atoms with Gasteiger partial charge in [-0.2, -0.15) is 4.98 Å². The Morgan fingerprint density at radius 2 is 2.07 bits per heavy atom. The fraction of sp³-hybridized carbons (Fsp3) is 0.200. The molecule has 8 nitrogen and oxygen atoms in total. The van der Waals surface area contributed by atoms with Crippen molar-refractivity contribution in [3.8, 4) is 17.1 Å². The second kappa shape index (κ2) is 8.01. The summed E-state index contributed by atoms with van der Waals surface area (Å²) in [6.45, 7) is 1.63. The highest BCUT2D eigenvalue weighted by molar-refractivity contribution is 6.07. The molecule has 0 spiro atoms. The normalized spacial score (nSPS) is 15.9. The molecular weight excluding hydrogens is 356 g/mol. The third-order valence-electron chi connectivity index (χ3n) is 4.43. The summed E-state index contributed by atoms with van der Waals surface area (Å²) in [5, 5.41) is 5.99. The second-order valence-corrected chi connectivity index (χ2v) is 6.43. The molecule has 2 aromatic heterocycles. The van der Waals surface area contributed by atoms with E-state index in [4.69, 9.17) is 10.5 Å². The second-order valence-electron chi connectivity index (χ2n) is 6.43. The van der Waals surface area contributed by atoms with E-state index in [-0.39, 0.29) is 17.5 Å². The number of anilines is 2. The zero-order valence-electron chi connectivity index (χ0n) is 15.1.